The van der Waals surface area contributed by atoms with Crippen molar-refractivity contribution in [3.8, 4) is 0 Å². The summed E-state index contributed by atoms with van der Waals surface area (Å²) in [4.78, 5) is 9.04. The van der Waals surface area contributed by atoms with Gasteiger partial charge in [0.05, 0.1) is 17.0 Å². The quantitative estimate of drug-likeness (QED) is 0.351. The molecule has 0 atom stereocenters. The first-order valence-electron chi connectivity index (χ1n) is 9.78. The van der Waals surface area contributed by atoms with E-state index in [1.54, 1.807) is 4.31 Å². The van der Waals surface area contributed by atoms with Crippen LogP contribution in [0.1, 0.15) is 12.8 Å². The number of guanidine groups is 1. The Hall–Kier alpha value is -0.780. The lowest BCUT2D eigenvalue weighted by Crippen LogP contribution is -2.53. The van der Waals surface area contributed by atoms with E-state index in [2.05, 4.69) is 26.2 Å². The third kappa shape index (κ3) is 6.60. The van der Waals surface area contributed by atoms with E-state index in [0.717, 1.165) is 62.2 Å². The molecule has 0 aliphatic carbocycles. The fourth-order valence-corrected chi connectivity index (χ4v) is 5.01. The Morgan fingerprint density at radius 3 is 2.31 bits per heavy atom. The molecule has 0 bridgehead atoms. The molecule has 1 aromatic rings. The summed E-state index contributed by atoms with van der Waals surface area (Å²) in [6.07, 6.45) is 3.06. The van der Waals surface area contributed by atoms with E-state index >= 15 is 0 Å². The number of piperazine rings is 1. The minimum Gasteiger partial charge on any atom is -0.367 e. The number of piperidine rings is 1. The zero-order chi connectivity index (χ0) is 20.1. The van der Waals surface area contributed by atoms with Crippen LogP contribution in [0.2, 0.25) is 5.02 Å². The summed E-state index contributed by atoms with van der Waals surface area (Å²) in [6, 6.07) is 7.96. The monoisotopic (exact) mass is 555 g/mol. The molecule has 0 aromatic heterocycles. The first-order chi connectivity index (χ1) is 13.4. The molecule has 7 nitrogen and oxygen atoms in total. The average Bonchev–Trinajstić information content (AvgIpc) is 2.69. The first kappa shape index (κ1) is 24.5. The van der Waals surface area contributed by atoms with Crippen molar-refractivity contribution in [2.45, 2.75) is 12.8 Å². The molecule has 2 aliphatic rings. The molecule has 0 unspecified atom stereocenters. The number of benzene rings is 1. The molecule has 29 heavy (non-hydrogen) atoms. The van der Waals surface area contributed by atoms with E-state index in [4.69, 9.17) is 11.6 Å². The van der Waals surface area contributed by atoms with Gasteiger partial charge in [0.2, 0.25) is 10.0 Å². The highest BCUT2D eigenvalue weighted by molar-refractivity contribution is 14.0. The highest BCUT2D eigenvalue weighted by Gasteiger charge is 2.26. The van der Waals surface area contributed by atoms with Crippen molar-refractivity contribution in [3.05, 3.63) is 29.3 Å². The van der Waals surface area contributed by atoms with Gasteiger partial charge in [-0.15, -0.1) is 24.0 Å². The van der Waals surface area contributed by atoms with Gasteiger partial charge in [0.1, 0.15) is 0 Å². The first-order valence-corrected chi connectivity index (χ1v) is 12.0. The third-order valence-corrected chi connectivity index (χ3v) is 7.20. The molecule has 10 heteroatoms. The van der Waals surface area contributed by atoms with Gasteiger partial charge in [-0.05, 0) is 30.9 Å². The lowest BCUT2D eigenvalue weighted by atomic mass is 9.98. The Balaban J connectivity index is 0.00000300. The third-order valence-electron chi connectivity index (χ3n) is 5.58. The predicted molar refractivity (Wildman–Crippen MR) is 131 cm³/mol. The Morgan fingerprint density at radius 1 is 1.14 bits per heavy atom. The normalized spacial score (nSPS) is 19.8. The molecule has 0 radical (unpaired) electrons. The van der Waals surface area contributed by atoms with Gasteiger partial charge in [0, 0.05) is 52.9 Å². The lowest BCUT2D eigenvalue weighted by molar-refractivity contribution is 0.271. The maximum Gasteiger partial charge on any atom is 0.211 e. The number of aliphatic imine (C=N–C) groups is 1. The molecular formula is C19H31ClIN5O2S. The molecule has 0 saturated carbocycles. The maximum absolute atomic E-state index is 11.6. The standard InChI is InChI=1S/C19H30ClN5O2S.HI/c1-21-19(22-15-16-7-9-25(10-8-16)28(2,26)27)24-13-11-23(12-14-24)18-6-4-3-5-17(18)20;/h3-6,16H,7-15H2,1-2H3,(H,21,22);1H. The number of sulfonamides is 1. The van der Waals surface area contributed by atoms with Crippen molar-refractivity contribution < 1.29 is 8.42 Å². The number of para-hydroxylation sites is 1. The van der Waals surface area contributed by atoms with Gasteiger partial charge >= 0.3 is 0 Å². The van der Waals surface area contributed by atoms with Crippen molar-refractivity contribution >= 4 is 57.2 Å². The molecule has 0 amide bonds. The van der Waals surface area contributed by atoms with Gasteiger partial charge in [-0.2, -0.15) is 0 Å². The zero-order valence-electron chi connectivity index (χ0n) is 17.1. The summed E-state index contributed by atoms with van der Waals surface area (Å²) in [5.41, 5.74) is 1.09. The van der Waals surface area contributed by atoms with Gasteiger partial charge in [-0.3, -0.25) is 4.99 Å². The van der Waals surface area contributed by atoms with Gasteiger partial charge < -0.3 is 15.1 Å². The van der Waals surface area contributed by atoms with E-state index in [9.17, 15) is 8.42 Å². The Bertz CT molecular complexity index is 792. The molecule has 2 aliphatic heterocycles. The molecule has 164 valence electrons. The number of hydrogen-bond donors (Lipinski definition) is 1. The van der Waals surface area contributed by atoms with Crippen molar-refractivity contribution in [1.29, 1.82) is 0 Å². The van der Waals surface area contributed by atoms with Crippen molar-refractivity contribution in [3.63, 3.8) is 0 Å². The minimum atomic E-state index is -3.07. The van der Waals surface area contributed by atoms with Crippen LogP contribution < -0.4 is 10.2 Å². The summed E-state index contributed by atoms with van der Waals surface area (Å²) in [6.45, 7) is 5.62. The highest BCUT2D eigenvalue weighted by Crippen LogP contribution is 2.26. The van der Waals surface area contributed by atoms with Crippen LogP contribution in [-0.4, -0.2) is 82.7 Å². The van der Waals surface area contributed by atoms with Gasteiger partial charge in [-0.1, -0.05) is 23.7 Å². The Labute approximate surface area is 196 Å². The number of hydrogen-bond acceptors (Lipinski definition) is 4. The molecule has 2 heterocycles. The Morgan fingerprint density at radius 2 is 1.76 bits per heavy atom. The van der Waals surface area contributed by atoms with Crippen LogP contribution in [0.5, 0.6) is 0 Å². The second kappa shape index (κ2) is 11.0. The number of rotatable bonds is 4. The van der Waals surface area contributed by atoms with E-state index in [-0.39, 0.29) is 24.0 Å². The lowest BCUT2D eigenvalue weighted by Gasteiger charge is -2.38. The van der Waals surface area contributed by atoms with E-state index in [1.165, 1.54) is 6.26 Å². The zero-order valence-corrected chi connectivity index (χ0v) is 21.0. The van der Waals surface area contributed by atoms with Crippen molar-refractivity contribution in [1.82, 2.24) is 14.5 Å². The molecule has 2 fully saturated rings. The Kier molecular flexibility index (Phi) is 9.30. The largest absolute Gasteiger partial charge is 0.367 e. The SMILES string of the molecule is CN=C(NCC1CCN(S(C)(=O)=O)CC1)N1CCN(c2ccccc2Cl)CC1.I. The summed E-state index contributed by atoms with van der Waals surface area (Å²) < 4.78 is 24.8. The number of nitrogens with one attached hydrogen (secondary N) is 1. The second-order valence-corrected chi connectivity index (χ2v) is 9.85. The smallest absolute Gasteiger partial charge is 0.211 e. The van der Waals surface area contributed by atoms with E-state index < -0.39 is 10.0 Å². The van der Waals surface area contributed by atoms with Gasteiger partial charge in [0.25, 0.3) is 0 Å². The molecular weight excluding hydrogens is 525 g/mol. The van der Waals surface area contributed by atoms with Crippen molar-refractivity contribution in [2.24, 2.45) is 10.9 Å². The highest BCUT2D eigenvalue weighted by atomic mass is 127. The maximum atomic E-state index is 11.6. The van der Waals surface area contributed by atoms with Crippen LogP contribution in [-0.2, 0) is 10.0 Å². The van der Waals surface area contributed by atoms with Crippen molar-refractivity contribution in [2.75, 3.05) is 64.0 Å². The van der Waals surface area contributed by atoms with Gasteiger partial charge in [-0.25, -0.2) is 12.7 Å². The number of nitrogens with zero attached hydrogens (tertiary/aromatic N) is 4. The summed E-state index contributed by atoms with van der Waals surface area (Å²) >= 11 is 6.33. The van der Waals surface area contributed by atoms with E-state index in [1.807, 2.05) is 25.2 Å². The van der Waals surface area contributed by atoms with Crippen LogP contribution in [0.25, 0.3) is 0 Å². The summed E-state index contributed by atoms with van der Waals surface area (Å²) in [7, 11) is -1.25. The van der Waals surface area contributed by atoms with E-state index in [0.29, 0.717) is 19.0 Å². The minimum absolute atomic E-state index is 0. The van der Waals surface area contributed by atoms with Crippen LogP contribution in [0.3, 0.4) is 0 Å². The van der Waals surface area contributed by atoms with Crippen LogP contribution in [0.15, 0.2) is 29.3 Å². The second-order valence-electron chi connectivity index (χ2n) is 7.46. The molecule has 1 aromatic carbocycles. The van der Waals surface area contributed by atoms with Gasteiger partial charge in [0.15, 0.2) is 5.96 Å². The fraction of sp³-hybridized carbons (Fsp3) is 0.632. The summed E-state index contributed by atoms with van der Waals surface area (Å²) in [5.74, 6) is 1.39. The molecule has 2 saturated heterocycles. The topological polar surface area (TPSA) is 68.2 Å². The average molecular weight is 556 g/mol. The fourth-order valence-electron chi connectivity index (χ4n) is 3.88. The van der Waals surface area contributed by atoms with Crippen LogP contribution >= 0.6 is 35.6 Å². The molecule has 1 N–H and O–H groups in total. The molecule has 3 rings (SSSR count). The molecule has 0 spiro atoms. The van der Waals surface area contributed by atoms with Crippen LogP contribution in [0, 0.1) is 5.92 Å². The van der Waals surface area contributed by atoms with Crippen LogP contribution in [0.4, 0.5) is 5.69 Å². The number of halogens is 2. The predicted octanol–water partition coefficient (Wildman–Crippen LogP) is 2.33. The number of anilines is 1. The summed E-state index contributed by atoms with van der Waals surface area (Å²) in [5, 5.41) is 4.28.